The number of thiophene rings is 1. The lowest BCUT2D eigenvalue weighted by Gasteiger charge is -2.40. The van der Waals surface area contributed by atoms with Crippen molar-refractivity contribution in [3.63, 3.8) is 0 Å². The second-order valence-electron chi connectivity index (χ2n) is 5.33. The number of carbonyl (C=O) groups is 2. The Balaban J connectivity index is 1.86. The molecule has 1 aromatic rings. The van der Waals surface area contributed by atoms with Crippen LogP contribution in [0.5, 0.6) is 0 Å². The van der Waals surface area contributed by atoms with E-state index in [1.165, 1.54) is 11.3 Å². The number of rotatable bonds is 8. The van der Waals surface area contributed by atoms with Crippen LogP contribution < -0.4 is 5.32 Å². The Morgan fingerprint density at radius 2 is 2.19 bits per heavy atom. The van der Waals surface area contributed by atoms with Gasteiger partial charge in [0.05, 0.1) is 12.0 Å². The lowest BCUT2D eigenvalue weighted by Crippen LogP contribution is -2.46. The van der Waals surface area contributed by atoms with Crippen molar-refractivity contribution in [2.45, 2.75) is 39.2 Å². The second kappa shape index (κ2) is 7.04. The van der Waals surface area contributed by atoms with Gasteiger partial charge in [-0.3, -0.25) is 4.79 Å². The van der Waals surface area contributed by atoms with Crippen LogP contribution in [0.15, 0.2) is 12.1 Å². The normalized spacial score (nSPS) is 16.2. The highest BCUT2D eigenvalue weighted by Gasteiger charge is 2.43. The lowest BCUT2D eigenvalue weighted by molar-refractivity contribution is -0.137. The summed E-state index contributed by atoms with van der Waals surface area (Å²) in [4.78, 5) is 24.4. The van der Waals surface area contributed by atoms with Crippen LogP contribution in [0.25, 0.3) is 0 Å². The fourth-order valence-corrected chi connectivity index (χ4v) is 3.34. The standard InChI is InChI=1S/C15H21NO4S/c1-2-20-9-8-15(6-3-7-15)14(19)16-10-11-4-5-12(21-11)13(17)18/h4-5H,2-3,6-10H2,1H3,(H,16,19)(H,17,18). The van der Waals surface area contributed by atoms with Crippen molar-refractivity contribution in [2.24, 2.45) is 5.41 Å². The van der Waals surface area contributed by atoms with E-state index >= 15 is 0 Å². The molecular weight excluding hydrogens is 290 g/mol. The van der Waals surface area contributed by atoms with E-state index in [9.17, 15) is 9.59 Å². The fourth-order valence-electron chi connectivity index (χ4n) is 2.55. The SMILES string of the molecule is CCOCCC1(C(=O)NCc2ccc(C(=O)O)s2)CCC1. The molecule has 2 rings (SSSR count). The highest BCUT2D eigenvalue weighted by atomic mass is 32.1. The van der Waals surface area contributed by atoms with Crippen LogP contribution in [0.4, 0.5) is 0 Å². The summed E-state index contributed by atoms with van der Waals surface area (Å²) >= 11 is 1.20. The van der Waals surface area contributed by atoms with E-state index in [-0.39, 0.29) is 11.3 Å². The van der Waals surface area contributed by atoms with E-state index in [0.717, 1.165) is 30.6 Å². The topological polar surface area (TPSA) is 75.6 Å². The molecule has 1 fully saturated rings. The van der Waals surface area contributed by atoms with Crippen molar-refractivity contribution in [2.75, 3.05) is 13.2 Å². The van der Waals surface area contributed by atoms with E-state index < -0.39 is 5.97 Å². The second-order valence-corrected chi connectivity index (χ2v) is 6.50. The number of carboxylic acid groups (broad SMARTS) is 1. The van der Waals surface area contributed by atoms with Gasteiger partial charge in [-0.15, -0.1) is 11.3 Å². The van der Waals surface area contributed by atoms with Crippen molar-refractivity contribution in [3.8, 4) is 0 Å². The van der Waals surface area contributed by atoms with E-state index in [1.54, 1.807) is 12.1 Å². The number of amides is 1. The first-order valence-corrected chi connectivity index (χ1v) is 8.07. The minimum absolute atomic E-state index is 0.0683. The maximum atomic E-state index is 12.4. The molecule has 2 N–H and O–H groups in total. The molecule has 0 radical (unpaired) electrons. The third-order valence-corrected chi connectivity index (χ3v) is 5.09. The number of nitrogens with one attached hydrogen (secondary N) is 1. The van der Waals surface area contributed by atoms with Crippen molar-refractivity contribution < 1.29 is 19.4 Å². The van der Waals surface area contributed by atoms with Gasteiger partial charge in [0, 0.05) is 18.1 Å². The molecule has 1 heterocycles. The van der Waals surface area contributed by atoms with Crippen molar-refractivity contribution in [1.82, 2.24) is 5.32 Å². The van der Waals surface area contributed by atoms with Crippen molar-refractivity contribution in [1.29, 1.82) is 0 Å². The molecule has 0 atom stereocenters. The number of hydrogen-bond acceptors (Lipinski definition) is 4. The molecule has 1 saturated carbocycles. The van der Waals surface area contributed by atoms with Crippen molar-refractivity contribution >= 4 is 23.2 Å². The quantitative estimate of drug-likeness (QED) is 0.724. The first kappa shape index (κ1) is 16.0. The Morgan fingerprint density at radius 1 is 1.43 bits per heavy atom. The van der Waals surface area contributed by atoms with Crippen LogP contribution in [0, 0.1) is 5.41 Å². The van der Waals surface area contributed by atoms with Gasteiger partial charge in [0.1, 0.15) is 4.88 Å². The Kier molecular flexibility index (Phi) is 5.36. The zero-order valence-electron chi connectivity index (χ0n) is 12.2. The third kappa shape index (κ3) is 3.83. The van der Waals surface area contributed by atoms with Gasteiger partial charge in [-0.1, -0.05) is 6.42 Å². The molecular formula is C15H21NO4S. The summed E-state index contributed by atoms with van der Waals surface area (Å²) in [6.45, 7) is 3.63. The number of hydrogen-bond donors (Lipinski definition) is 2. The number of ether oxygens (including phenoxy) is 1. The Hall–Kier alpha value is -1.40. The molecule has 0 spiro atoms. The molecule has 1 amide bonds. The van der Waals surface area contributed by atoms with Crippen LogP contribution in [0.1, 0.15) is 47.2 Å². The Bertz CT molecular complexity index is 508. The molecule has 5 nitrogen and oxygen atoms in total. The number of aromatic carboxylic acids is 1. The van der Waals surface area contributed by atoms with Gasteiger partial charge in [0.2, 0.25) is 5.91 Å². The highest BCUT2D eigenvalue weighted by Crippen LogP contribution is 2.44. The molecule has 0 bridgehead atoms. The van der Waals surface area contributed by atoms with E-state index in [0.29, 0.717) is 24.6 Å². The van der Waals surface area contributed by atoms with E-state index in [4.69, 9.17) is 9.84 Å². The third-order valence-electron chi connectivity index (χ3n) is 4.02. The maximum absolute atomic E-state index is 12.4. The molecule has 0 saturated heterocycles. The molecule has 0 unspecified atom stereocenters. The van der Waals surface area contributed by atoms with Gasteiger partial charge in [-0.2, -0.15) is 0 Å². The van der Waals surface area contributed by atoms with Crippen LogP contribution in [-0.4, -0.2) is 30.2 Å². The van der Waals surface area contributed by atoms with Gasteiger partial charge in [-0.25, -0.2) is 4.79 Å². The molecule has 0 aliphatic heterocycles. The van der Waals surface area contributed by atoms with E-state index in [2.05, 4.69) is 5.32 Å². The van der Waals surface area contributed by atoms with Crippen LogP contribution in [0.3, 0.4) is 0 Å². The van der Waals surface area contributed by atoms with Gasteiger partial charge in [0.25, 0.3) is 0 Å². The fraction of sp³-hybridized carbons (Fsp3) is 0.600. The largest absolute Gasteiger partial charge is 0.477 e. The first-order valence-electron chi connectivity index (χ1n) is 7.25. The van der Waals surface area contributed by atoms with E-state index in [1.807, 2.05) is 6.92 Å². The van der Waals surface area contributed by atoms with Gasteiger partial charge in [0.15, 0.2) is 0 Å². The minimum Gasteiger partial charge on any atom is -0.477 e. The average molecular weight is 311 g/mol. The summed E-state index contributed by atoms with van der Waals surface area (Å²) in [5.74, 6) is -0.858. The summed E-state index contributed by atoms with van der Waals surface area (Å²) in [6.07, 6.45) is 3.67. The summed E-state index contributed by atoms with van der Waals surface area (Å²) in [7, 11) is 0. The van der Waals surface area contributed by atoms with Gasteiger partial charge >= 0.3 is 5.97 Å². The summed E-state index contributed by atoms with van der Waals surface area (Å²) in [5.41, 5.74) is -0.276. The van der Waals surface area contributed by atoms with Gasteiger partial charge < -0.3 is 15.2 Å². The lowest BCUT2D eigenvalue weighted by atomic mass is 9.66. The highest BCUT2D eigenvalue weighted by molar-refractivity contribution is 7.13. The molecule has 1 aliphatic carbocycles. The maximum Gasteiger partial charge on any atom is 0.345 e. The van der Waals surface area contributed by atoms with Gasteiger partial charge in [-0.05, 0) is 38.3 Å². The Morgan fingerprint density at radius 3 is 2.71 bits per heavy atom. The van der Waals surface area contributed by atoms with Crippen LogP contribution in [0.2, 0.25) is 0 Å². The molecule has 0 aromatic carbocycles. The summed E-state index contributed by atoms with van der Waals surface area (Å²) < 4.78 is 5.36. The number of carbonyl (C=O) groups excluding carboxylic acids is 1. The molecule has 116 valence electrons. The van der Waals surface area contributed by atoms with Crippen molar-refractivity contribution in [3.05, 3.63) is 21.9 Å². The van der Waals surface area contributed by atoms with Crippen LogP contribution >= 0.6 is 11.3 Å². The smallest absolute Gasteiger partial charge is 0.345 e. The minimum atomic E-state index is -0.926. The Labute approximate surface area is 128 Å². The predicted molar refractivity (Wildman–Crippen MR) is 80.5 cm³/mol. The first-order chi connectivity index (χ1) is 10.1. The molecule has 1 aliphatic rings. The zero-order chi connectivity index (χ0) is 15.3. The zero-order valence-corrected chi connectivity index (χ0v) is 13.0. The van der Waals surface area contributed by atoms with Crippen LogP contribution in [-0.2, 0) is 16.1 Å². The average Bonchev–Trinajstić information content (AvgIpc) is 2.88. The summed E-state index contributed by atoms with van der Waals surface area (Å²) in [6, 6.07) is 3.32. The number of carboxylic acids is 1. The molecule has 1 aromatic heterocycles. The predicted octanol–water partition coefficient (Wildman–Crippen LogP) is 2.66. The summed E-state index contributed by atoms with van der Waals surface area (Å²) in [5, 5.41) is 11.8. The monoisotopic (exact) mass is 311 g/mol. The molecule has 6 heteroatoms. The molecule has 21 heavy (non-hydrogen) atoms.